The summed E-state index contributed by atoms with van der Waals surface area (Å²) in [6, 6.07) is 16.6. The molecular formula is C23H26N2OS. The molecule has 4 heteroatoms. The number of hydrogen-bond acceptors (Lipinski definition) is 3. The van der Waals surface area contributed by atoms with Gasteiger partial charge in [-0.3, -0.25) is 4.79 Å². The average Bonchev–Trinajstić information content (AvgIpc) is 3.00. The molecule has 1 N–H and O–H groups in total. The van der Waals surface area contributed by atoms with Crippen molar-refractivity contribution < 1.29 is 4.79 Å². The van der Waals surface area contributed by atoms with Gasteiger partial charge in [-0.2, -0.15) is 0 Å². The van der Waals surface area contributed by atoms with E-state index >= 15 is 0 Å². The van der Waals surface area contributed by atoms with Crippen LogP contribution < -0.4 is 5.32 Å². The Labute approximate surface area is 166 Å². The summed E-state index contributed by atoms with van der Waals surface area (Å²) in [4.78, 5) is 17.5. The summed E-state index contributed by atoms with van der Waals surface area (Å²) >= 11 is 1.39. The Bertz CT molecular complexity index is 849. The normalized spacial score (nSPS) is 17.1. The summed E-state index contributed by atoms with van der Waals surface area (Å²) in [5.74, 6) is 0.411. The molecule has 3 rings (SSSR count). The molecule has 0 atom stereocenters. The van der Waals surface area contributed by atoms with Gasteiger partial charge in [0.25, 0.3) is 5.91 Å². The van der Waals surface area contributed by atoms with Gasteiger partial charge in [0.1, 0.15) is 0 Å². The summed E-state index contributed by atoms with van der Waals surface area (Å²) in [5, 5.41) is 3.49. The van der Waals surface area contributed by atoms with E-state index in [9.17, 15) is 4.79 Å². The van der Waals surface area contributed by atoms with Crippen LogP contribution in [-0.2, 0) is 11.2 Å². The molecule has 1 fully saturated rings. The van der Waals surface area contributed by atoms with Crippen molar-refractivity contribution in [2.45, 2.75) is 46.0 Å². The van der Waals surface area contributed by atoms with Crippen LogP contribution in [0.3, 0.4) is 0 Å². The van der Waals surface area contributed by atoms with Crippen molar-refractivity contribution in [1.82, 2.24) is 5.32 Å². The fraction of sp³-hybridized carbons (Fsp3) is 0.304. The SMILES string of the molecule is CCCCc1ccc(N=C2NC(=O)/C(=C/c3ccc(C(C)C)cc3)S2)cc1. The summed E-state index contributed by atoms with van der Waals surface area (Å²) in [7, 11) is 0. The minimum absolute atomic E-state index is 0.0914. The molecule has 0 unspecified atom stereocenters. The fourth-order valence-electron chi connectivity index (χ4n) is 2.84. The first kappa shape index (κ1) is 19.4. The summed E-state index contributed by atoms with van der Waals surface area (Å²) in [6.45, 7) is 6.55. The van der Waals surface area contributed by atoms with Gasteiger partial charge >= 0.3 is 0 Å². The van der Waals surface area contributed by atoms with Crippen LogP contribution in [0.4, 0.5) is 5.69 Å². The quantitative estimate of drug-likeness (QED) is 0.622. The minimum atomic E-state index is -0.0914. The van der Waals surface area contributed by atoms with Gasteiger partial charge in [0.15, 0.2) is 5.17 Å². The highest BCUT2D eigenvalue weighted by molar-refractivity contribution is 8.18. The zero-order valence-electron chi connectivity index (χ0n) is 16.2. The number of carbonyl (C=O) groups is 1. The zero-order chi connectivity index (χ0) is 19.2. The van der Waals surface area contributed by atoms with Crippen LogP contribution >= 0.6 is 11.8 Å². The molecule has 1 saturated heterocycles. The number of rotatable bonds is 6. The second-order valence-electron chi connectivity index (χ2n) is 7.07. The van der Waals surface area contributed by atoms with E-state index in [1.807, 2.05) is 18.2 Å². The van der Waals surface area contributed by atoms with E-state index in [1.165, 1.54) is 35.7 Å². The molecule has 2 aromatic rings. The predicted octanol–water partition coefficient (Wildman–Crippen LogP) is 6.04. The largest absolute Gasteiger partial charge is 0.300 e. The molecule has 0 bridgehead atoms. The molecule has 3 nitrogen and oxygen atoms in total. The van der Waals surface area contributed by atoms with Gasteiger partial charge in [-0.05, 0) is 65.4 Å². The monoisotopic (exact) mass is 378 g/mol. The number of thioether (sulfide) groups is 1. The Kier molecular flexibility index (Phi) is 6.51. The molecule has 0 saturated carbocycles. The Morgan fingerprint density at radius 1 is 1.07 bits per heavy atom. The lowest BCUT2D eigenvalue weighted by Crippen LogP contribution is -2.19. The number of carbonyl (C=O) groups excluding carboxylic acids is 1. The van der Waals surface area contributed by atoms with Crippen LogP contribution in [0.25, 0.3) is 6.08 Å². The number of benzene rings is 2. The highest BCUT2D eigenvalue weighted by Gasteiger charge is 2.23. The van der Waals surface area contributed by atoms with E-state index in [-0.39, 0.29) is 5.91 Å². The third-order valence-electron chi connectivity index (χ3n) is 4.54. The standard InChI is InChI=1S/C23H26N2OS/c1-4-5-6-17-9-13-20(14-10-17)24-23-25-22(26)21(27-23)15-18-7-11-19(12-8-18)16(2)3/h7-16H,4-6H2,1-3H3,(H,24,25,26)/b21-15-. The number of amidine groups is 1. The van der Waals surface area contributed by atoms with E-state index in [0.717, 1.165) is 17.7 Å². The van der Waals surface area contributed by atoms with Crippen LogP contribution in [0, 0.1) is 0 Å². The van der Waals surface area contributed by atoms with Crippen molar-refractivity contribution in [3.8, 4) is 0 Å². The Balaban J connectivity index is 1.69. The molecule has 0 radical (unpaired) electrons. The molecular weight excluding hydrogens is 352 g/mol. The number of hydrogen-bond donors (Lipinski definition) is 1. The van der Waals surface area contributed by atoms with Crippen molar-refractivity contribution >= 4 is 34.6 Å². The third-order valence-corrected chi connectivity index (χ3v) is 5.45. The Morgan fingerprint density at radius 3 is 2.41 bits per heavy atom. The van der Waals surface area contributed by atoms with Gasteiger partial charge in [0, 0.05) is 0 Å². The smallest absolute Gasteiger partial charge is 0.264 e. The number of nitrogens with zero attached hydrogens (tertiary/aromatic N) is 1. The average molecular weight is 379 g/mol. The highest BCUT2D eigenvalue weighted by atomic mass is 32.2. The highest BCUT2D eigenvalue weighted by Crippen LogP contribution is 2.28. The van der Waals surface area contributed by atoms with E-state index in [4.69, 9.17) is 0 Å². The molecule has 0 aromatic heterocycles. The number of aliphatic imine (C=N–C) groups is 1. The lowest BCUT2D eigenvalue weighted by Gasteiger charge is -2.04. The van der Waals surface area contributed by atoms with Gasteiger partial charge in [-0.1, -0.05) is 63.6 Å². The van der Waals surface area contributed by atoms with Gasteiger partial charge in [-0.15, -0.1) is 0 Å². The maximum absolute atomic E-state index is 12.2. The third kappa shape index (κ3) is 5.33. The molecule has 1 aliphatic rings. The molecule has 1 amide bonds. The van der Waals surface area contributed by atoms with Gasteiger partial charge < -0.3 is 5.32 Å². The predicted molar refractivity (Wildman–Crippen MR) is 116 cm³/mol. The topological polar surface area (TPSA) is 41.5 Å². The second-order valence-corrected chi connectivity index (χ2v) is 8.10. The molecule has 1 aliphatic heterocycles. The summed E-state index contributed by atoms with van der Waals surface area (Å²) in [5.41, 5.74) is 4.51. The molecule has 0 spiro atoms. The number of nitrogens with one attached hydrogen (secondary N) is 1. The van der Waals surface area contributed by atoms with Gasteiger partial charge in [0.05, 0.1) is 10.6 Å². The minimum Gasteiger partial charge on any atom is -0.300 e. The molecule has 2 aromatic carbocycles. The maximum Gasteiger partial charge on any atom is 0.264 e. The van der Waals surface area contributed by atoms with E-state index in [1.54, 1.807) is 0 Å². The molecule has 140 valence electrons. The number of amides is 1. The molecule has 0 aliphatic carbocycles. The van der Waals surface area contributed by atoms with Crippen LogP contribution in [0.2, 0.25) is 0 Å². The van der Waals surface area contributed by atoms with E-state index < -0.39 is 0 Å². The van der Waals surface area contributed by atoms with Gasteiger partial charge in [0.2, 0.25) is 0 Å². The number of unbranched alkanes of at least 4 members (excludes halogenated alkanes) is 1. The van der Waals surface area contributed by atoms with Crippen LogP contribution in [0.5, 0.6) is 0 Å². The molecule has 27 heavy (non-hydrogen) atoms. The number of aryl methyl sites for hydroxylation is 1. The molecule has 1 heterocycles. The summed E-state index contributed by atoms with van der Waals surface area (Å²) in [6.07, 6.45) is 5.41. The van der Waals surface area contributed by atoms with Crippen molar-refractivity contribution in [2.24, 2.45) is 4.99 Å². The van der Waals surface area contributed by atoms with Crippen LogP contribution in [-0.4, -0.2) is 11.1 Å². The Morgan fingerprint density at radius 2 is 1.78 bits per heavy atom. The van der Waals surface area contributed by atoms with E-state index in [2.05, 4.69) is 67.5 Å². The maximum atomic E-state index is 12.2. The van der Waals surface area contributed by atoms with Crippen LogP contribution in [0.1, 0.15) is 56.2 Å². The first-order valence-electron chi connectivity index (χ1n) is 9.53. The Hall–Kier alpha value is -2.33. The lowest BCUT2D eigenvalue weighted by molar-refractivity contribution is -0.115. The van der Waals surface area contributed by atoms with Crippen molar-refractivity contribution in [1.29, 1.82) is 0 Å². The fourth-order valence-corrected chi connectivity index (χ4v) is 3.69. The van der Waals surface area contributed by atoms with Gasteiger partial charge in [-0.25, -0.2) is 4.99 Å². The summed E-state index contributed by atoms with van der Waals surface area (Å²) < 4.78 is 0. The van der Waals surface area contributed by atoms with Crippen molar-refractivity contribution in [2.75, 3.05) is 0 Å². The van der Waals surface area contributed by atoms with Crippen LogP contribution in [0.15, 0.2) is 58.4 Å². The van der Waals surface area contributed by atoms with E-state index in [0.29, 0.717) is 16.0 Å². The van der Waals surface area contributed by atoms with Crippen molar-refractivity contribution in [3.05, 3.63) is 70.1 Å². The first-order valence-corrected chi connectivity index (χ1v) is 10.4. The zero-order valence-corrected chi connectivity index (χ0v) is 17.0. The second kappa shape index (κ2) is 9.05. The van der Waals surface area contributed by atoms with Crippen molar-refractivity contribution in [3.63, 3.8) is 0 Å². The lowest BCUT2D eigenvalue weighted by atomic mass is 10.0. The first-order chi connectivity index (χ1) is 13.0.